The van der Waals surface area contributed by atoms with Crippen LogP contribution in [0.1, 0.15) is 6.92 Å². The lowest BCUT2D eigenvalue weighted by Gasteiger charge is -2.18. The molecule has 6 heteroatoms. The zero-order chi connectivity index (χ0) is 16.5. The van der Waals surface area contributed by atoms with Crippen LogP contribution in [0.2, 0.25) is 0 Å². The van der Waals surface area contributed by atoms with E-state index in [1.807, 2.05) is 54.3 Å². The topological polar surface area (TPSA) is 42.3 Å². The van der Waals surface area contributed by atoms with Gasteiger partial charge in [-0.1, -0.05) is 12.1 Å². The number of nitrogens with zero attached hydrogens (tertiary/aromatic N) is 3. The standard InChI is InChI=1S/C18H18N4OS/c1-2-23-14-9-7-13(8-10-14)19-18(24)22-12-11-21-16-6-4-3-5-15(16)20-17(21)22/h3-10H,2,11-12H2,1H3,(H,19,24). The molecular formula is C18H18N4OS. The molecule has 0 aliphatic carbocycles. The lowest BCUT2D eigenvalue weighted by atomic mass is 10.3. The molecule has 3 aromatic rings. The number of rotatable bonds is 3. The van der Waals surface area contributed by atoms with Crippen LogP contribution in [0.4, 0.5) is 11.6 Å². The molecule has 2 heterocycles. The fraction of sp³-hybridized carbons (Fsp3) is 0.222. The number of anilines is 2. The molecule has 1 aliphatic heterocycles. The highest BCUT2D eigenvalue weighted by atomic mass is 32.1. The van der Waals surface area contributed by atoms with Crippen molar-refractivity contribution in [2.24, 2.45) is 0 Å². The number of thiocarbonyl (C=S) groups is 1. The van der Waals surface area contributed by atoms with Crippen LogP contribution in [0, 0.1) is 0 Å². The summed E-state index contributed by atoms with van der Waals surface area (Å²) in [7, 11) is 0. The molecule has 0 radical (unpaired) electrons. The Labute approximate surface area is 145 Å². The first-order valence-corrected chi connectivity index (χ1v) is 8.44. The van der Waals surface area contributed by atoms with Gasteiger partial charge in [0.2, 0.25) is 5.95 Å². The van der Waals surface area contributed by atoms with Crippen LogP contribution >= 0.6 is 12.2 Å². The van der Waals surface area contributed by atoms with Gasteiger partial charge in [0, 0.05) is 18.8 Å². The highest BCUT2D eigenvalue weighted by molar-refractivity contribution is 7.80. The molecule has 0 spiro atoms. The third-order valence-electron chi connectivity index (χ3n) is 4.08. The molecule has 0 amide bonds. The highest BCUT2D eigenvalue weighted by Gasteiger charge is 2.26. The minimum atomic E-state index is 0.660. The van der Waals surface area contributed by atoms with Gasteiger partial charge in [-0.3, -0.25) is 4.90 Å². The summed E-state index contributed by atoms with van der Waals surface area (Å²) in [5.74, 6) is 1.76. The van der Waals surface area contributed by atoms with Crippen molar-refractivity contribution in [3.63, 3.8) is 0 Å². The number of benzene rings is 2. The van der Waals surface area contributed by atoms with Gasteiger partial charge in [0.05, 0.1) is 17.6 Å². The van der Waals surface area contributed by atoms with Crippen molar-refractivity contribution in [2.75, 3.05) is 23.4 Å². The van der Waals surface area contributed by atoms with Crippen molar-refractivity contribution < 1.29 is 4.74 Å². The summed E-state index contributed by atoms with van der Waals surface area (Å²) in [4.78, 5) is 6.76. The molecule has 1 aliphatic rings. The molecule has 0 unspecified atom stereocenters. The largest absolute Gasteiger partial charge is 0.494 e. The van der Waals surface area contributed by atoms with Gasteiger partial charge >= 0.3 is 0 Å². The van der Waals surface area contributed by atoms with Gasteiger partial charge in [-0.25, -0.2) is 4.98 Å². The van der Waals surface area contributed by atoms with Crippen molar-refractivity contribution in [2.45, 2.75) is 13.5 Å². The van der Waals surface area contributed by atoms with Gasteiger partial charge in [-0.15, -0.1) is 0 Å². The van der Waals surface area contributed by atoms with Crippen LogP contribution in [-0.4, -0.2) is 27.8 Å². The second-order valence-electron chi connectivity index (χ2n) is 5.59. The normalized spacial score (nSPS) is 13.1. The second kappa shape index (κ2) is 6.13. The molecule has 0 saturated heterocycles. The monoisotopic (exact) mass is 338 g/mol. The Morgan fingerprint density at radius 3 is 2.75 bits per heavy atom. The number of aromatic nitrogens is 2. The van der Waals surface area contributed by atoms with Gasteiger partial charge in [-0.2, -0.15) is 0 Å². The summed E-state index contributed by atoms with van der Waals surface area (Å²) in [5, 5.41) is 3.95. The molecule has 5 nitrogen and oxygen atoms in total. The number of imidazole rings is 1. The molecule has 0 bridgehead atoms. The van der Waals surface area contributed by atoms with Gasteiger partial charge < -0.3 is 14.6 Å². The van der Waals surface area contributed by atoms with Crippen molar-refractivity contribution in [3.8, 4) is 5.75 Å². The summed E-state index contributed by atoms with van der Waals surface area (Å²) in [6.07, 6.45) is 0. The molecule has 1 aromatic heterocycles. The zero-order valence-electron chi connectivity index (χ0n) is 13.4. The fourth-order valence-electron chi connectivity index (χ4n) is 2.97. The first-order chi connectivity index (χ1) is 11.8. The SMILES string of the molecule is CCOc1ccc(NC(=S)N2CCn3c2nc2ccccc23)cc1. The predicted molar refractivity (Wildman–Crippen MR) is 101 cm³/mol. The summed E-state index contributed by atoms with van der Waals surface area (Å²) in [6, 6.07) is 16.0. The average Bonchev–Trinajstić information content (AvgIpc) is 3.16. The smallest absolute Gasteiger partial charge is 0.213 e. The number of fused-ring (bicyclic) bond motifs is 3. The Kier molecular flexibility index (Phi) is 3.82. The van der Waals surface area contributed by atoms with Crippen molar-refractivity contribution in [1.29, 1.82) is 0 Å². The van der Waals surface area contributed by atoms with Gasteiger partial charge in [0.1, 0.15) is 5.75 Å². The van der Waals surface area contributed by atoms with Gasteiger partial charge in [0.15, 0.2) is 5.11 Å². The third-order valence-corrected chi connectivity index (χ3v) is 4.41. The van der Waals surface area contributed by atoms with Crippen LogP contribution in [0.5, 0.6) is 5.75 Å². The minimum Gasteiger partial charge on any atom is -0.494 e. The maximum atomic E-state index is 5.59. The molecule has 4 rings (SSSR count). The third kappa shape index (κ3) is 2.59. The van der Waals surface area contributed by atoms with Crippen molar-refractivity contribution in [3.05, 3.63) is 48.5 Å². The quantitative estimate of drug-likeness (QED) is 0.738. The molecule has 24 heavy (non-hydrogen) atoms. The van der Waals surface area contributed by atoms with E-state index in [9.17, 15) is 0 Å². The Bertz CT molecular complexity index is 888. The van der Waals surface area contributed by atoms with Crippen LogP contribution in [-0.2, 0) is 6.54 Å². The van der Waals surface area contributed by atoms with E-state index in [1.165, 1.54) is 0 Å². The highest BCUT2D eigenvalue weighted by Crippen LogP contribution is 2.27. The van der Waals surface area contributed by atoms with E-state index in [0.717, 1.165) is 41.5 Å². The maximum Gasteiger partial charge on any atom is 0.213 e. The molecular weight excluding hydrogens is 320 g/mol. The average molecular weight is 338 g/mol. The predicted octanol–water partition coefficient (Wildman–Crippen LogP) is 3.65. The summed E-state index contributed by atoms with van der Waals surface area (Å²) >= 11 is 5.59. The van der Waals surface area contributed by atoms with Crippen molar-refractivity contribution in [1.82, 2.24) is 9.55 Å². The summed E-state index contributed by atoms with van der Waals surface area (Å²) < 4.78 is 7.67. The number of nitrogens with one attached hydrogen (secondary N) is 1. The number of ether oxygens (including phenoxy) is 1. The van der Waals surface area contributed by atoms with Gasteiger partial charge in [-0.05, 0) is 55.5 Å². The number of hydrogen-bond donors (Lipinski definition) is 1. The first-order valence-electron chi connectivity index (χ1n) is 8.03. The molecule has 0 atom stereocenters. The Balaban J connectivity index is 1.54. The first kappa shape index (κ1) is 15.0. The fourth-order valence-corrected chi connectivity index (χ4v) is 3.26. The molecule has 0 saturated carbocycles. The number of hydrogen-bond acceptors (Lipinski definition) is 3. The molecule has 122 valence electrons. The van der Waals surface area contributed by atoms with E-state index in [-0.39, 0.29) is 0 Å². The summed E-state index contributed by atoms with van der Waals surface area (Å²) in [6.45, 7) is 4.35. The maximum absolute atomic E-state index is 5.59. The number of para-hydroxylation sites is 2. The Morgan fingerprint density at radius 1 is 1.17 bits per heavy atom. The summed E-state index contributed by atoms with van der Waals surface area (Å²) in [5.41, 5.74) is 3.10. The Hall–Kier alpha value is -2.60. The van der Waals surface area contributed by atoms with E-state index >= 15 is 0 Å². The molecule has 2 aromatic carbocycles. The van der Waals surface area contributed by atoms with E-state index in [4.69, 9.17) is 21.9 Å². The van der Waals surface area contributed by atoms with Crippen LogP contribution in [0.25, 0.3) is 11.0 Å². The van der Waals surface area contributed by atoms with Crippen LogP contribution in [0.3, 0.4) is 0 Å². The van der Waals surface area contributed by atoms with Crippen LogP contribution in [0.15, 0.2) is 48.5 Å². The minimum absolute atomic E-state index is 0.660. The van der Waals surface area contributed by atoms with E-state index in [1.54, 1.807) is 0 Å². The van der Waals surface area contributed by atoms with E-state index in [0.29, 0.717) is 11.7 Å². The van der Waals surface area contributed by atoms with Crippen LogP contribution < -0.4 is 15.0 Å². The van der Waals surface area contributed by atoms with E-state index in [2.05, 4.69) is 16.0 Å². The molecule has 0 fully saturated rings. The lowest BCUT2D eigenvalue weighted by Crippen LogP contribution is -2.33. The van der Waals surface area contributed by atoms with Crippen molar-refractivity contribution >= 4 is 40.0 Å². The van der Waals surface area contributed by atoms with Gasteiger partial charge in [0.25, 0.3) is 0 Å². The lowest BCUT2D eigenvalue weighted by molar-refractivity contribution is 0.340. The van der Waals surface area contributed by atoms with E-state index < -0.39 is 0 Å². The zero-order valence-corrected chi connectivity index (χ0v) is 14.2. The Morgan fingerprint density at radius 2 is 1.96 bits per heavy atom. The second-order valence-corrected chi connectivity index (χ2v) is 5.98. The molecule has 1 N–H and O–H groups in total.